The van der Waals surface area contributed by atoms with Gasteiger partial charge in [0.15, 0.2) is 0 Å². The number of hydrogen-bond acceptors (Lipinski definition) is 2. The van der Waals surface area contributed by atoms with E-state index in [1.807, 2.05) is 62.4 Å². The van der Waals surface area contributed by atoms with Gasteiger partial charge in [-0.1, -0.05) is 47.5 Å². The Kier molecular flexibility index (Phi) is 5.85. The summed E-state index contributed by atoms with van der Waals surface area (Å²) < 4.78 is 12.3. The summed E-state index contributed by atoms with van der Waals surface area (Å²) >= 11 is 12.0. The molecule has 0 spiro atoms. The van der Waals surface area contributed by atoms with Crippen LogP contribution in [0.1, 0.15) is 13.8 Å². The van der Waals surface area contributed by atoms with Crippen LogP contribution >= 0.6 is 23.2 Å². The first-order valence-electron chi connectivity index (χ1n) is 6.92. The first-order valence-corrected chi connectivity index (χ1v) is 9.49. The van der Waals surface area contributed by atoms with Crippen molar-refractivity contribution in [2.75, 3.05) is 13.2 Å². The van der Waals surface area contributed by atoms with Crippen LogP contribution in [0.4, 0.5) is 0 Å². The predicted octanol–water partition coefficient (Wildman–Crippen LogP) is 3.62. The molecule has 0 aliphatic carbocycles. The van der Waals surface area contributed by atoms with E-state index in [0.717, 1.165) is 10.4 Å². The summed E-state index contributed by atoms with van der Waals surface area (Å²) in [7, 11) is -2.71. The van der Waals surface area contributed by atoms with Crippen molar-refractivity contribution in [1.29, 1.82) is 0 Å². The van der Waals surface area contributed by atoms with Crippen LogP contribution in [0, 0.1) is 0 Å². The predicted molar refractivity (Wildman–Crippen MR) is 91.2 cm³/mol. The minimum Gasteiger partial charge on any atom is -0.388 e. The minimum absolute atomic E-state index is 0.581. The smallest absolute Gasteiger partial charge is 0.388 e. The van der Waals surface area contributed by atoms with E-state index in [-0.39, 0.29) is 0 Å². The Balaban J connectivity index is 2.56. The molecule has 2 aromatic rings. The Bertz CT molecular complexity index is 516. The molecule has 0 amide bonds. The molecule has 0 aliphatic heterocycles. The third-order valence-corrected chi connectivity index (χ3v) is 7.22. The summed E-state index contributed by atoms with van der Waals surface area (Å²) in [4.78, 5) is 0. The Labute approximate surface area is 136 Å². The minimum atomic E-state index is -2.71. The van der Waals surface area contributed by atoms with Gasteiger partial charge in [0.1, 0.15) is 0 Å². The molecule has 2 nitrogen and oxygen atoms in total. The Hall–Kier alpha value is -0.843. The van der Waals surface area contributed by atoms with Crippen LogP contribution in [0.2, 0.25) is 10.0 Å². The largest absolute Gasteiger partial charge is 0.407 e. The van der Waals surface area contributed by atoms with Gasteiger partial charge < -0.3 is 8.85 Å². The molecule has 0 aromatic heterocycles. The molecule has 0 fully saturated rings. The van der Waals surface area contributed by atoms with Crippen molar-refractivity contribution in [1.82, 2.24) is 0 Å². The van der Waals surface area contributed by atoms with Gasteiger partial charge in [-0.15, -0.1) is 0 Å². The Morgan fingerprint density at radius 2 is 1.05 bits per heavy atom. The molecule has 21 heavy (non-hydrogen) atoms. The molecule has 0 bridgehead atoms. The number of hydrogen-bond donors (Lipinski definition) is 0. The van der Waals surface area contributed by atoms with E-state index in [1.165, 1.54) is 0 Å². The first kappa shape index (κ1) is 16.5. The van der Waals surface area contributed by atoms with Crippen LogP contribution in [0.3, 0.4) is 0 Å². The third-order valence-electron chi connectivity index (χ3n) is 3.14. The van der Waals surface area contributed by atoms with E-state index in [1.54, 1.807) is 0 Å². The molecular weight excluding hydrogens is 323 g/mol. The lowest BCUT2D eigenvalue weighted by atomic mass is 10.4. The van der Waals surface area contributed by atoms with E-state index in [9.17, 15) is 0 Å². The fourth-order valence-electron chi connectivity index (χ4n) is 2.29. The van der Waals surface area contributed by atoms with E-state index in [0.29, 0.717) is 23.3 Å². The van der Waals surface area contributed by atoms with Crippen LogP contribution in [0.5, 0.6) is 0 Å². The lowest BCUT2D eigenvalue weighted by Crippen LogP contribution is -2.63. The average molecular weight is 341 g/mol. The van der Waals surface area contributed by atoms with Crippen molar-refractivity contribution < 1.29 is 8.85 Å². The second-order valence-corrected chi connectivity index (χ2v) is 8.33. The molecule has 5 heteroatoms. The van der Waals surface area contributed by atoms with E-state index >= 15 is 0 Å². The number of rotatable bonds is 6. The molecule has 0 atom stereocenters. The quantitative estimate of drug-likeness (QED) is 0.747. The summed E-state index contributed by atoms with van der Waals surface area (Å²) in [6.07, 6.45) is 0. The SMILES string of the molecule is CCO[Si](OCC)(c1ccc(Cl)cc1)c1ccc(Cl)cc1. The summed E-state index contributed by atoms with van der Waals surface area (Å²) in [5.41, 5.74) is 0. The molecule has 0 heterocycles. The molecule has 2 aromatic carbocycles. The van der Waals surface area contributed by atoms with Gasteiger partial charge in [0.05, 0.1) is 0 Å². The van der Waals surface area contributed by atoms with Gasteiger partial charge in [-0.25, -0.2) is 0 Å². The standard InChI is InChI=1S/C16H18Cl2O2Si/c1-3-19-21(20-4-2,15-9-5-13(17)6-10-15)16-11-7-14(18)8-12-16/h5-12H,3-4H2,1-2H3. The fourth-order valence-corrected chi connectivity index (χ4v) is 5.65. The van der Waals surface area contributed by atoms with Crippen LogP contribution in [-0.2, 0) is 8.85 Å². The highest BCUT2D eigenvalue weighted by Gasteiger charge is 2.42. The first-order chi connectivity index (χ1) is 10.1. The van der Waals surface area contributed by atoms with Crippen LogP contribution in [-0.4, -0.2) is 21.8 Å². The third kappa shape index (κ3) is 3.68. The van der Waals surface area contributed by atoms with Crippen molar-refractivity contribution >= 4 is 42.1 Å². The summed E-state index contributed by atoms with van der Waals surface area (Å²) in [6.45, 7) is 5.12. The lowest BCUT2D eigenvalue weighted by molar-refractivity contribution is 0.208. The van der Waals surface area contributed by atoms with Crippen molar-refractivity contribution in [3.05, 3.63) is 58.6 Å². The molecule has 2 rings (SSSR count). The average Bonchev–Trinajstić information content (AvgIpc) is 2.48. The molecule has 0 unspecified atom stereocenters. The van der Waals surface area contributed by atoms with Crippen molar-refractivity contribution in [2.24, 2.45) is 0 Å². The topological polar surface area (TPSA) is 18.5 Å². The summed E-state index contributed by atoms with van der Waals surface area (Å²) in [6, 6.07) is 15.4. The van der Waals surface area contributed by atoms with Gasteiger partial charge in [-0.05, 0) is 48.5 Å². The van der Waals surface area contributed by atoms with Gasteiger partial charge in [0.2, 0.25) is 0 Å². The maximum absolute atomic E-state index is 6.15. The van der Waals surface area contributed by atoms with Gasteiger partial charge >= 0.3 is 8.56 Å². The number of benzene rings is 2. The normalized spacial score (nSPS) is 11.6. The Morgan fingerprint density at radius 3 is 1.33 bits per heavy atom. The van der Waals surface area contributed by atoms with Crippen molar-refractivity contribution in [2.45, 2.75) is 13.8 Å². The highest BCUT2D eigenvalue weighted by atomic mass is 35.5. The second-order valence-electron chi connectivity index (χ2n) is 4.50. The lowest BCUT2D eigenvalue weighted by Gasteiger charge is -2.30. The van der Waals surface area contributed by atoms with Crippen LogP contribution < -0.4 is 10.4 Å². The summed E-state index contributed by atoms with van der Waals surface area (Å²) in [5.74, 6) is 0. The molecule has 0 saturated heterocycles. The maximum Gasteiger partial charge on any atom is 0.407 e. The van der Waals surface area contributed by atoms with Gasteiger partial charge in [-0.3, -0.25) is 0 Å². The Morgan fingerprint density at radius 1 is 0.714 bits per heavy atom. The van der Waals surface area contributed by atoms with Crippen LogP contribution in [0.15, 0.2) is 48.5 Å². The monoisotopic (exact) mass is 340 g/mol. The molecule has 112 valence electrons. The highest BCUT2D eigenvalue weighted by Crippen LogP contribution is 2.14. The van der Waals surface area contributed by atoms with Gasteiger partial charge in [0, 0.05) is 23.3 Å². The zero-order chi connectivity index (χ0) is 15.3. The highest BCUT2D eigenvalue weighted by molar-refractivity contribution is 6.92. The van der Waals surface area contributed by atoms with Gasteiger partial charge in [0.25, 0.3) is 0 Å². The van der Waals surface area contributed by atoms with Crippen molar-refractivity contribution in [3.63, 3.8) is 0 Å². The zero-order valence-corrected chi connectivity index (χ0v) is 14.6. The molecule has 0 N–H and O–H groups in total. The zero-order valence-electron chi connectivity index (χ0n) is 12.1. The van der Waals surface area contributed by atoms with Crippen molar-refractivity contribution in [3.8, 4) is 0 Å². The second kappa shape index (κ2) is 7.43. The molecule has 0 radical (unpaired) electrons. The van der Waals surface area contributed by atoms with Gasteiger partial charge in [-0.2, -0.15) is 0 Å². The molecule has 0 aliphatic rings. The fraction of sp³-hybridized carbons (Fsp3) is 0.250. The van der Waals surface area contributed by atoms with E-state index < -0.39 is 8.56 Å². The van der Waals surface area contributed by atoms with Crippen LogP contribution in [0.25, 0.3) is 0 Å². The van der Waals surface area contributed by atoms with E-state index in [4.69, 9.17) is 32.1 Å². The van der Waals surface area contributed by atoms with E-state index in [2.05, 4.69) is 0 Å². The molecule has 0 saturated carbocycles. The molecular formula is C16H18Cl2O2Si. The number of halogens is 2. The maximum atomic E-state index is 6.15. The summed E-state index contributed by atoms with van der Waals surface area (Å²) in [5, 5.41) is 3.48.